The Morgan fingerprint density at radius 2 is 1.83 bits per heavy atom. The average Bonchev–Trinajstić information content (AvgIpc) is 3.59. The number of anilines is 1. The molecule has 2 fully saturated rings. The van der Waals surface area contributed by atoms with Crippen LogP contribution < -0.4 is 5.32 Å². The summed E-state index contributed by atoms with van der Waals surface area (Å²) in [5.74, 6) is 1.59. The Morgan fingerprint density at radius 3 is 2.49 bits per heavy atom. The van der Waals surface area contributed by atoms with Crippen LogP contribution in [-0.4, -0.2) is 88.7 Å². The quantitative estimate of drug-likeness (QED) is 0.239. The van der Waals surface area contributed by atoms with Crippen molar-refractivity contribution in [2.75, 3.05) is 43.0 Å². The topological polar surface area (TPSA) is 107 Å². The second-order valence-corrected chi connectivity index (χ2v) is 16.3. The Balaban J connectivity index is 1.11. The largest absolute Gasteiger partial charge is 0.393 e. The number of nitriles is 1. The van der Waals surface area contributed by atoms with Gasteiger partial charge in [-0.15, -0.1) is 11.3 Å². The Hall–Kier alpha value is -3.25. The number of aryl methyl sites for hydroxylation is 2. The molecule has 1 atom stereocenters. The van der Waals surface area contributed by atoms with Gasteiger partial charge in [0.25, 0.3) is 0 Å². The predicted octanol–water partition coefficient (Wildman–Crippen LogP) is 5.69. The van der Waals surface area contributed by atoms with Gasteiger partial charge in [-0.25, -0.2) is 18.4 Å². The van der Waals surface area contributed by atoms with E-state index in [4.69, 9.17) is 0 Å². The molecule has 47 heavy (non-hydrogen) atoms. The van der Waals surface area contributed by atoms with Crippen molar-refractivity contribution in [2.45, 2.75) is 77.8 Å². The first kappa shape index (κ1) is 33.6. The van der Waals surface area contributed by atoms with E-state index in [1.54, 1.807) is 6.07 Å². The minimum absolute atomic E-state index is 0.0942. The minimum atomic E-state index is -4.27. The molecule has 14 heteroatoms. The number of sulfone groups is 1. The first-order valence-electron chi connectivity index (χ1n) is 16.1. The third kappa shape index (κ3) is 7.58. The number of benzene rings is 1. The number of fused-ring (bicyclic) bond motifs is 2. The van der Waals surface area contributed by atoms with Crippen LogP contribution in [0.4, 0.5) is 19.0 Å². The van der Waals surface area contributed by atoms with Crippen LogP contribution in [-0.2, 0) is 35.8 Å². The molecule has 252 valence electrons. The zero-order valence-corrected chi connectivity index (χ0v) is 28.5. The third-order valence-corrected chi connectivity index (χ3v) is 12.2. The zero-order chi connectivity index (χ0) is 33.5. The van der Waals surface area contributed by atoms with Crippen LogP contribution in [0.1, 0.15) is 54.2 Å². The second-order valence-electron chi connectivity index (χ2n) is 12.8. The number of thiophene rings is 1. The summed E-state index contributed by atoms with van der Waals surface area (Å²) >= 11 is 1.09. The van der Waals surface area contributed by atoms with Crippen molar-refractivity contribution in [3.8, 4) is 6.07 Å². The second kappa shape index (κ2) is 13.3. The van der Waals surface area contributed by atoms with E-state index in [2.05, 4.69) is 61.7 Å². The summed E-state index contributed by atoms with van der Waals surface area (Å²) in [5, 5.41) is 15.2. The Kier molecular flexibility index (Phi) is 9.55. The van der Waals surface area contributed by atoms with Crippen molar-refractivity contribution < 1.29 is 21.6 Å². The van der Waals surface area contributed by atoms with E-state index < -0.39 is 22.4 Å². The van der Waals surface area contributed by atoms with Gasteiger partial charge >= 0.3 is 6.18 Å². The van der Waals surface area contributed by atoms with Crippen LogP contribution in [0.15, 0.2) is 24.3 Å². The van der Waals surface area contributed by atoms with Gasteiger partial charge in [-0.2, -0.15) is 18.4 Å². The molecule has 2 aliphatic rings. The van der Waals surface area contributed by atoms with Gasteiger partial charge in [0.15, 0.2) is 9.84 Å². The number of nitrogens with one attached hydrogen (secondary N) is 1. The number of hydrogen-bond donors (Lipinski definition) is 1. The monoisotopic (exact) mass is 687 g/mol. The molecule has 0 radical (unpaired) electrons. The first-order chi connectivity index (χ1) is 22.3. The number of aromatic nitrogens is 3. The summed E-state index contributed by atoms with van der Waals surface area (Å²) in [7, 11) is -2.96. The molecule has 3 aromatic heterocycles. The molecule has 5 heterocycles. The maximum atomic E-state index is 13.1. The lowest BCUT2D eigenvalue weighted by Gasteiger charge is -2.33. The van der Waals surface area contributed by atoms with Crippen LogP contribution in [0.2, 0.25) is 0 Å². The van der Waals surface area contributed by atoms with E-state index in [0.29, 0.717) is 53.6 Å². The molecule has 9 nitrogen and oxygen atoms in total. The lowest BCUT2D eigenvalue weighted by molar-refractivity contribution is -0.126. The standard InChI is InChI=1S/C33H40F3N7O2S2/c1-4-30-39-31(28-16-26(17-33(34,35)36)46-32(28)40-30)38-24-7-9-41(10-8-24)20-23-5-6-29-27(22(23)3)15-25(18-37)43(29)19-21(2)42-11-13-47(44,45)14-12-42/h5-6,15-16,21,24H,4,7-14,17,19-20H2,1-3H3,(H,38,39,40)/t21-/m0/s1. The number of rotatable bonds is 9. The van der Waals surface area contributed by atoms with Gasteiger partial charge < -0.3 is 9.88 Å². The number of hydrogen-bond acceptors (Lipinski definition) is 9. The van der Waals surface area contributed by atoms with Crippen molar-refractivity contribution in [1.82, 2.24) is 24.3 Å². The summed E-state index contributed by atoms with van der Waals surface area (Å²) in [4.78, 5) is 14.6. The van der Waals surface area contributed by atoms with Gasteiger partial charge in [0.1, 0.15) is 28.2 Å². The van der Waals surface area contributed by atoms with Crippen LogP contribution >= 0.6 is 11.3 Å². The minimum Gasteiger partial charge on any atom is -0.367 e. The van der Waals surface area contributed by atoms with Crippen LogP contribution in [0, 0.1) is 18.3 Å². The molecule has 1 aromatic carbocycles. The third-order valence-electron chi connectivity index (χ3n) is 9.53. The Bertz CT molecular complexity index is 1910. The summed E-state index contributed by atoms with van der Waals surface area (Å²) in [6.45, 7) is 10.3. The molecule has 0 amide bonds. The summed E-state index contributed by atoms with van der Waals surface area (Å²) < 4.78 is 65.1. The molecule has 0 bridgehead atoms. The maximum absolute atomic E-state index is 13.1. The van der Waals surface area contributed by atoms with Crippen molar-refractivity contribution in [1.29, 1.82) is 5.26 Å². The fourth-order valence-electron chi connectivity index (χ4n) is 6.77. The highest BCUT2D eigenvalue weighted by atomic mass is 32.2. The molecule has 0 spiro atoms. The molecule has 0 aliphatic carbocycles. The van der Waals surface area contributed by atoms with Gasteiger partial charge in [0, 0.05) is 73.6 Å². The molecule has 0 saturated carbocycles. The highest BCUT2D eigenvalue weighted by Gasteiger charge is 2.30. The first-order valence-corrected chi connectivity index (χ1v) is 18.8. The van der Waals surface area contributed by atoms with E-state index in [1.165, 1.54) is 5.56 Å². The summed E-state index contributed by atoms with van der Waals surface area (Å²) in [6, 6.07) is 10.4. The van der Waals surface area contributed by atoms with Crippen molar-refractivity contribution in [2.24, 2.45) is 0 Å². The van der Waals surface area contributed by atoms with E-state index in [-0.39, 0.29) is 28.5 Å². The number of likely N-dealkylation sites (tertiary alicyclic amines) is 1. The summed E-state index contributed by atoms with van der Waals surface area (Å²) in [5.41, 5.74) is 3.97. The van der Waals surface area contributed by atoms with Gasteiger partial charge in [0.05, 0.1) is 23.3 Å². The van der Waals surface area contributed by atoms with Crippen molar-refractivity contribution in [3.05, 3.63) is 51.8 Å². The zero-order valence-electron chi connectivity index (χ0n) is 26.9. The number of alkyl halides is 3. The average molecular weight is 688 g/mol. The Labute approximate surface area is 277 Å². The lowest BCUT2D eigenvalue weighted by atomic mass is 10.0. The smallest absolute Gasteiger partial charge is 0.367 e. The number of nitrogens with zero attached hydrogens (tertiary/aromatic N) is 6. The fraction of sp³-hybridized carbons (Fsp3) is 0.545. The van der Waals surface area contributed by atoms with E-state index in [1.807, 2.05) is 13.0 Å². The molecule has 4 aromatic rings. The number of piperidine rings is 1. The van der Waals surface area contributed by atoms with Crippen LogP contribution in [0.3, 0.4) is 0 Å². The van der Waals surface area contributed by atoms with Crippen LogP contribution in [0.5, 0.6) is 0 Å². The van der Waals surface area contributed by atoms with Crippen molar-refractivity contribution in [3.63, 3.8) is 0 Å². The normalized spacial score (nSPS) is 18.9. The van der Waals surface area contributed by atoms with Crippen molar-refractivity contribution >= 4 is 48.1 Å². The molecular weight excluding hydrogens is 648 g/mol. The number of halogens is 3. The van der Waals surface area contributed by atoms with Gasteiger partial charge in [0.2, 0.25) is 0 Å². The lowest BCUT2D eigenvalue weighted by Crippen LogP contribution is -2.46. The SMILES string of the molecule is CCc1nc(NC2CCN(Cc3ccc4c(cc(C#N)n4C[C@H](C)N4CCS(=O)(=O)CC4)c3C)CC2)c2cc(CC(F)(F)F)sc2n1. The summed E-state index contributed by atoms with van der Waals surface area (Å²) in [6.07, 6.45) is -2.89. The molecule has 6 rings (SSSR count). The predicted molar refractivity (Wildman–Crippen MR) is 180 cm³/mol. The van der Waals surface area contributed by atoms with Gasteiger partial charge in [-0.3, -0.25) is 9.80 Å². The van der Waals surface area contributed by atoms with E-state index >= 15 is 0 Å². The van der Waals surface area contributed by atoms with Gasteiger partial charge in [-0.1, -0.05) is 13.0 Å². The molecular formula is C33H40F3N7O2S2. The highest BCUT2D eigenvalue weighted by molar-refractivity contribution is 7.91. The molecule has 2 aliphatic heterocycles. The van der Waals surface area contributed by atoms with Crippen LogP contribution in [0.25, 0.3) is 21.1 Å². The van der Waals surface area contributed by atoms with E-state index in [0.717, 1.165) is 60.3 Å². The maximum Gasteiger partial charge on any atom is 0.393 e. The Morgan fingerprint density at radius 1 is 1.11 bits per heavy atom. The van der Waals surface area contributed by atoms with E-state index in [9.17, 15) is 26.9 Å². The molecule has 0 unspecified atom stereocenters. The van der Waals surface area contributed by atoms with Gasteiger partial charge in [-0.05, 0) is 56.0 Å². The fourth-order valence-corrected chi connectivity index (χ4v) is 9.07. The molecule has 2 saturated heterocycles. The highest BCUT2D eigenvalue weighted by Crippen LogP contribution is 2.34. The molecule has 1 N–H and O–H groups in total.